The van der Waals surface area contributed by atoms with Gasteiger partial charge in [0.1, 0.15) is 0 Å². The van der Waals surface area contributed by atoms with Crippen molar-refractivity contribution in [2.24, 2.45) is 0 Å². The fourth-order valence-electron chi connectivity index (χ4n) is 0.522. The fourth-order valence-corrected chi connectivity index (χ4v) is 0.522. The molecule has 0 aliphatic rings. The zero-order chi connectivity index (χ0) is 7.11. The second-order valence-electron chi connectivity index (χ2n) is 1.77. The Labute approximate surface area is 75.5 Å². The average molecular weight is 138 g/mol. The summed E-state index contributed by atoms with van der Waals surface area (Å²) in [6.45, 7) is 6.47. The van der Waals surface area contributed by atoms with Gasteiger partial charge in [-0.2, -0.15) is 6.61 Å². The molecule has 0 aliphatic carbocycles. The maximum Gasteiger partial charge on any atom is 1.00 e. The molecule has 0 saturated heterocycles. The number of rotatable bonds is 5. The summed E-state index contributed by atoms with van der Waals surface area (Å²) >= 11 is 0. The molecule has 56 valence electrons. The third kappa shape index (κ3) is 6.63. The first kappa shape index (κ1) is 13.1. The number of hydrogen-bond donors (Lipinski definition) is 0. The van der Waals surface area contributed by atoms with Crippen molar-refractivity contribution in [1.29, 1.82) is 0 Å². The van der Waals surface area contributed by atoms with Gasteiger partial charge in [0.25, 0.3) is 0 Å². The summed E-state index contributed by atoms with van der Waals surface area (Å²) in [6, 6.07) is 0. The third-order valence-electron chi connectivity index (χ3n) is 1.12. The molecule has 0 heterocycles. The summed E-state index contributed by atoms with van der Waals surface area (Å²) < 4.78 is 10.0. The van der Waals surface area contributed by atoms with Crippen LogP contribution in [0.4, 0.5) is 0 Å². The Balaban J connectivity index is 0. The van der Waals surface area contributed by atoms with E-state index in [9.17, 15) is 0 Å². The summed E-state index contributed by atoms with van der Waals surface area (Å²) in [5, 5.41) is 0. The average Bonchev–Trinajstić information content (AvgIpc) is 1.91. The van der Waals surface area contributed by atoms with E-state index in [1.54, 1.807) is 13.7 Å². The van der Waals surface area contributed by atoms with Crippen LogP contribution in [-0.2, 0) is 9.47 Å². The van der Waals surface area contributed by atoms with Crippen molar-refractivity contribution in [1.82, 2.24) is 0 Å². The molecule has 0 radical (unpaired) electrons. The maximum atomic E-state index is 5.03. The first-order chi connectivity index (χ1) is 4.35. The van der Waals surface area contributed by atoms with Crippen LogP contribution in [0.2, 0.25) is 0 Å². The minimum absolute atomic E-state index is 0. The van der Waals surface area contributed by atoms with Crippen LogP contribution in [0.25, 0.3) is 0 Å². The van der Waals surface area contributed by atoms with Crippen molar-refractivity contribution in [2.45, 2.75) is 26.4 Å². The van der Waals surface area contributed by atoms with E-state index in [1.807, 2.05) is 6.92 Å². The van der Waals surface area contributed by atoms with Crippen molar-refractivity contribution in [3.05, 3.63) is 6.61 Å². The van der Waals surface area contributed by atoms with Crippen LogP contribution < -0.4 is 18.9 Å². The van der Waals surface area contributed by atoms with Gasteiger partial charge in [0, 0.05) is 13.7 Å². The van der Waals surface area contributed by atoms with E-state index in [1.165, 1.54) is 0 Å². The molecule has 0 rings (SSSR count). The van der Waals surface area contributed by atoms with E-state index in [4.69, 9.17) is 9.47 Å². The molecule has 0 fully saturated rings. The molecule has 0 saturated carbocycles. The van der Waals surface area contributed by atoms with Crippen LogP contribution >= 0.6 is 0 Å². The molecule has 2 nitrogen and oxygen atoms in total. The largest absolute Gasteiger partial charge is 1.00 e. The first-order valence-electron chi connectivity index (χ1n) is 3.32. The molecule has 0 aliphatic heterocycles. The maximum absolute atomic E-state index is 5.03. The molecular weight excluding hydrogens is 123 g/mol. The van der Waals surface area contributed by atoms with E-state index in [0.717, 1.165) is 13.0 Å². The fraction of sp³-hybridized carbons (Fsp3) is 0.857. The van der Waals surface area contributed by atoms with Gasteiger partial charge in [-0.15, -0.1) is 0 Å². The van der Waals surface area contributed by atoms with Crippen LogP contribution in [0.3, 0.4) is 0 Å². The molecule has 0 N–H and O–H groups in total. The quantitative estimate of drug-likeness (QED) is 0.344. The molecule has 0 bridgehead atoms. The predicted octanol–water partition coefficient (Wildman–Crippen LogP) is -1.39. The minimum Gasteiger partial charge on any atom is -0.550 e. The molecule has 0 aromatic carbocycles. The molecule has 1 unspecified atom stereocenters. The van der Waals surface area contributed by atoms with E-state index < -0.39 is 0 Å². The Morgan fingerprint density at radius 3 is 2.30 bits per heavy atom. The topological polar surface area (TPSA) is 18.5 Å². The van der Waals surface area contributed by atoms with Crippen LogP contribution in [0.15, 0.2) is 0 Å². The van der Waals surface area contributed by atoms with Crippen LogP contribution in [0.5, 0.6) is 0 Å². The van der Waals surface area contributed by atoms with Crippen LogP contribution in [-0.4, -0.2) is 19.8 Å². The summed E-state index contributed by atoms with van der Waals surface area (Å²) in [6.07, 6.45) is 1.13. The third-order valence-corrected chi connectivity index (χ3v) is 1.12. The standard InChI is InChI=1S/C7H15O2.Li/c1-4-7(8-3)6-9-5-2;/h6-7H,4-5H2,1-3H3;/q-1;+1. The first-order valence-corrected chi connectivity index (χ1v) is 3.32. The molecule has 0 amide bonds. The second-order valence-corrected chi connectivity index (χ2v) is 1.77. The van der Waals surface area contributed by atoms with Crippen molar-refractivity contribution in [3.63, 3.8) is 0 Å². The zero-order valence-corrected chi connectivity index (χ0v) is 7.39. The summed E-state index contributed by atoms with van der Waals surface area (Å²) in [4.78, 5) is 0. The van der Waals surface area contributed by atoms with E-state index >= 15 is 0 Å². The molecule has 10 heavy (non-hydrogen) atoms. The second kappa shape index (κ2) is 9.52. The zero-order valence-electron chi connectivity index (χ0n) is 7.39. The van der Waals surface area contributed by atoms with Gasteiger partial charge >= 0.3 is 18.9 Å². The van der Waals surface area contributed by atoms with E-state index in [-0.39, 0.29) is 25.0 Å². The Hall–Kier alpha value is 0.517. The van der Waals surface area contributed by atoms with Crippen molar-refractivity contribution < 1.29 is 28.3 Å². The van der Waals surface area contributed by atoms with Gasteiger partial charge in [-0.1, -0.05) is 13.3 Å². The summed E-state index contributed by atoms with van der Waals surface area (Å²) in [5.74, 6) is 0. The smallest absolute Gasteiger partial charge is 0.550 e. The summed E-state index contributed by atoms with van der Waals surface area (Å²) in [7, 11) is 1.68. The Morgan fingerprint density at radius 2 is 2.00 bits per heavy atom. The van der Waals surface area contributed by atoms with Crippen molar-refractivity contribution >= 4 is 0 Å². The van der Waals surface area contributed by atoms with E-state index in [2.05, 4.69) is 6.92 Å². The monoisotopic (exact) mass is 138 g/mol. The van der Waals surface area contributed by atoms with Crippen LogP contribution in [0.1, 0.15) is 20.3 Å². The van der Waals surface area contributed by atoms with Gasteiger partial charge < -0.3 is 9.47 Å². The molecule has 0 spiro atoms. The Morgan fingerprint density at radius 1 is 1.40 bits per heavy atom. The number of ether oxygens (including phenoxy) is 2. The summed E-state index contributed by atoms with van der Waals surface area (Å²) in [5.41, 5.74) is 0. The van der Waals surface area contributed by atoms with Gasteiger partial charge in [0.05, 0.1) is 0 Å². The van der Waals surface area contributed by atoms with Gasteiger partial charge in [-0.05, 0) is 13.0 Å². The molecule has 3 heteroatoms. The molecule has 1 atom stereocenters. The van der Waals surface area contributed by atoms with Crippen molar-refractivity contribution in [3.8, 4) is 0 Å². The van der Waals surface area contributed by atoms with Crippen molar-refractivity contribution in [2.75, 3.05) is 13.7 Å². The SMILES string of the molecule is CCO[CH-]C(CC)OC.[Li+]. The normalized spacial score (nSPS) is 12.3. The van der Waals surface area contributed by atoms with E-state index in [0.29, 0.717) is 0 Å². The predicted molar refractivity (Wildman–Crippen MR) is 37.0 cm³/mol. The minimum atomic E-state index is 0. The van der Waals surface area contributed by atoms with Gasteiger partial charge in [0.2, 0.25) is 0 Å². The Bertz CT molecular complexity index is 55.6. The number of methoxy groups -OCH3 is 1. The van der Waals surface area contributed by atoms with Gasteiger partial charge in [-0.25, -0.2) is 0 Å². The molecule has 0 aromatic rings. The Kier molecular flexibility index (Phi) is 12.5. The van der Waals surface area contributed by atoms with Gasteiger partial charge in [0.15, 0.2) is 0 Å². The molecular formula is C7H15LiO2. The number of hydrogen-bond acceptors (Lipinski definition) is 2. The van der Waals surface area contributed by atoms with Crippen LogP contribution in [0, 0.1) is 6.61 Å². The molecule has 0 aromatic heterocycles. The van der Waals surface area contributed by atoms with Gasteiger partial charge in [-0.3, -0.25) is 0 Å².